The van der Waals surface area contributed by atoms with E-state index in [2.05, 4.69) is 0 Å². The van der Waals surface area contributed by atoms with Crippen molar-refractivity contribution in [3.05, 3.63) is 0 Å². The molecule has 3 N–H and O–H groups in total. The first-order chi connectivity index (χ1) is 8.74. The van der Waals surface area contributed by atoms with E-state index < -0.39 is 16.1 Å². The fraction of sp³-hybridized carbons (Fsp3) is 0.900. The monoisotopic (exact) mass is 298 g/mol. The van der Waals surface area contributed by atoms with Crippen LogP contribution in [0.5, 0.6) is 0 Å². The summed E-state index contributed by atoms with van der Waals surface area (Å²) in [6, 6.07) is 0. The summed E-state index contributed by atoms with van der Waals surface area (Å²) in [4.78, 5) is 13.9. The molecule has 19 heavy (non-hydrogen) atoms. The van der Waals surface area contributed by atoms with Crippen molar-refractivity contribution >= 4 is 16.1 Å². The van der Waals surface area contributed by atoms with E-state index in [0.29, 0.717) is 26.2 Å². The molecule has 0 aromatic rings. The predicted octanol–water partition coefficient (Wildman–Crippen LogP) is -1.42. The molecule has 0 aliphatic rings. The highest BCUT2D eigenvalue weighted by molar-refractivity contribution is 7.85. The molecule has 0 saturated carbocycles. The second-order valence-electron chi connectivity index (χ2n) is 4.30. The van der Waals surface area contributed by atoms with E-state index in [1.165, 1.54) is 0 Å². The molecular formula is C10H22N2O6S. The summed E-state index contributed by atoms with van der Waals surface area (Å²) in [7, 11) is -2.25. The quantitative estimate of drug-likeness (QED) is 0.398. The lowest BCUT2D eigenvalue weighted by atomic mass is 10.4. The lowest BCUT2D eigenvalue weighted by Gasteiger charge is -2.24. The Kier molecular flexibility index (Phi) is 8.85. The van der Waals surface area contributed by atoms with Gasteiger partial charge in [-0.25, -0.2) is 0 Å². The van der Waals surface area contributed by atoms with Crippen molar-refractivity contribution in [2.45, 2.75) is 6.42 Å². The second kappa shape index (κ2) is 9.21. The average Bonchev–Trinajstić information content (AvgIpc) is 2.29. The Labute approximate surface area is 113 Å². The van der Waals surface area contributed by atoms with Crippen LogP contribution in [0.1, 0.15) is 6.42 Å². The molecule has 0 fully saturated rings. The normalized spacial score (nSPS) is 12.3. The summed E-state index contributed by atoms with van der Waals surface area (Å²) in [5.74, 6) is -1.25. The van der Waals surface area contributed by atoms with E-state index in [1.807, 2.05) is 4.90 Å². The first-order valence-electron chi connectivity index (χ1n) is 5.93. The van der Waals surface area contributed by atoms with Crippen LogP contribution in [0.15, 0.2) is 0 Å². The van der Waals surface area contributed by atoms with Gasteiger partial charge in [-0.15, -0.1) is 0 Å². The van der Waals surface area contributed by atoms with Crippen LogP contribution >= 0.6 is 0 Å². The molecule has 0 aromatic heterocycles. The van der Waals surface area contributed by atoms with Crippen LogP contribution in [0.2, 0.25) is 0 Å². The summed E-state index contributed by atoms with van der Waals surface area (Å²) < 4.78 is 30.0. The van der Waals surface area contributed by atoms with Gasteiger partial charge in [-0.2, -0.15) is 8.42 Å². The smallest absolute Gasteiger partial charge is 0.304 e. The van der Waals surface area contributed by atoms with Gasteiger partial charge in [0.25, 0.3) is 10.1 Å². The van der Waals surface area contributed by atoms with Gasteiger partial charge in [-0.1, -0.05) is 0 Å². The van der Waals surface area contributed by atoms with Crippen molar-refractivity contribution in [2.75, 3.05) is 52.1 Å². The molecule has 0 spiro atoms. The predicted molar refractivity (Wildman–Crippen MR) is 69.7 cm³/mol. The first kappa shape index (κ1) is 18.3. The van der Waals surface area contributed by atoms with Gasteiger partial charge in [0, 0.05) is 32.7 Å². The number of carboxylic acid groups (broad SMARTS) is 1. The van der Waals surface area contributed by atoms with E-state index in [0.717, 1.165) is 0 Å². The summed E-state index contributed by atoms with van der Waals surface area (Å²) in [5, 5.41) is 17.4. The number of hydrogen-bond donors (Lipinski definition) is 3. The van der Waals surface area contributed by atoms with Gasteiger partial charge in [-0.05, 0) is 7.05 Å². The third kappa shape index (κ3) is 12.1. The van der Waals surface area contributed by atoms with Crippen LogP contribution < -0.4 is 0 Å². The average molecular weight is 298 g/mol. The Morgan fingerprint density at radius 1 is 1.11 bits per heavy atom. The molecule has 9 heteroatoms. The van der Waals surface area contributed by atoms with Gasteiger partial charge in [-0.3, -0.25) is 14.2 Å². The molecule has 0 aromatic carbocycles. The molecule has 0 unspecified atom stereocenters. The van der Waals surface area contributed by atoms with E-state index in [9.17, 15) is 13.2 Å². The van der Waals surface area contributed by atoms with Crippen molar-refractivity contribution in [1.29, 1.82) is 0 Å². The standard InChI is InChI=1S/C10H22N2O6S/c1-11(3-2-10(14)15)4-5-12(6-8-13)7-9-19(16,17)18/h13H,2-9H2,1H3,(H,14,15)(H,16,17,18). The minimum Gasteiger partial charge on any atom is -0.481 e. The maximum atomic E-state index is 10.6. The summed E-state index contributed by atoms with van der Waals surface area (Å²) in [6.45, 7) is 1.78. The fourth-order valence-corrected chi connectivity index (χ4v) is 1.92. The van der Waals surface area contributed by atoms with E-state index >= 15 is 0 Å². The van der Waals surface area contributed by atoms with E-state index in [4.69, 9.17) is 14.8 Å². The van der Waals surface area contributed by atoms with Gasteiger partial charge in [0.15, 0.2) is 0 Å². The number of nitrogens with zero attached hydrogens (tertiary/aromatic N) is 2. The molecule has 114 valence electrons. The number of aliphatic hydroxyl groups excluding tert-OH is 1. The minimum atomic E-state index is -4.01. The van der Waals surface area contributed by atoms with E-state index in [1.54, 1.807) is 11.9 Å². The lowest BCUT2D eigenvalue weighted by Crippen LogP contribution is -2.38. The maximum Gasteiger partial charge on any atom is 0.304 e. The van der Waals surface area contributed by atoms with Crippen molar-refractivity contribution in [1.82, 2.24) is 9.80 Å². The zero-order valence-electron chi connectivity index (χ0n) is 11.0. The van der Waals surface area contributed by atoms with Crippen LogP contribution in [0.4, 0.5) is 0 Å². The molecule has 8 nitrogen and oxygen atoms in total. The van der Waals surface area contributed by atoms with Crippen molar-refractivity contribution in [3.8, 4) is 0 Å². The van der Waals surface area contributed by atoms with Gasteiger partial charge >= 0.3 is 5.97 Å². The van der Waals surface area contributed by atoms with Crippen LogP contribution in [-0.2, 0) is 14.9 Å². The second-order valence-corrected chi connectivity index (χ2v) is 5.87. The number of likely N-dealkylation sites (N-methyl/N-ethyl adjacent to an activating group) is 1. The lowest BCUT2D eigenvalue weighted by molar-refractivity contribution is -0.137. The Morgan fingerprint density at radius 2 is 1.74 bits per heavy atom. The zero-order chi connectivity index (χ0) is 14.9. The van der Waals surface area contributed by atoms with Crippen molar-refractivity contribution in [2.24, 2.45) is 0 Å². The highest BCUT2D eigenvalue weighted by atomic mass is 32.2. The third-order valence-electron chi connectivity index (χ3n) is 2.59. The maximum absolute atomic E-state index is 10.6. The number of hydrogen-bond acceptors (Lipinski definition) is 6. The summed E-state index contributed by atoms with van der Waals surface area (Å²) in [5.41, 5.74) is 0. The SMILES string of the molecule is CN(CCC(=O)O)CCN(CCO)CCS(=O)(=O)O. The molecule has 0 radical (unpaired) electrons. The van der Waals surface area contributed by atoms with Gasteiger partial charge in [0.2, 0.25) is 0 Å². The van der Waals surface area contributed by atoms with E-state index in [-0.39, 0.29) is 25.3 Å². The molecule has 0 heterocycles. The van der Waals surface area contributed by atoms with Crippen LogP contribution in [0, 0.1) is 0 Å². The molecule has 0 atom stereocenters. The molecule has 0 amide bonds. The Morgan fingerprint density at radius 3 is 2.21 bits per heavy atom. The minimum absolute atomic E-state index is 0.0432. The van der Waals surface area contributed by atoms with Crippen molar-refractivity contribution in [3.63, 3.8) is 0 Å². The molecule has 0 aliphatic heterocycles. The molecule has 0 saturated heterocycles. The Bertz CT molecular complexity index is 359. The number of aliphatic carboxylic acids is 1. The number of carbonyl (C=O) groups is 1. The first-order valence-corrected chi connectivity index (χ1v) is 7.54. The number of carboxylic acids is 1. The summed E-state index contributed by atoms with van der Waals surface area (Å²) in [6.07, 6.45) is 0.0432. The highest BCUT2D eigenvalue weighted by Crippen LogP contribution is 1.94. The number of rotatable bonds is 11. The molecular weight excluding hydrogens is 276 g/mol. The van der Waals surface area contributed by atoms with Crippen LogP contribution in [0.3, 0.4) is 0 Å². The van der Waals surface area contributed by atoms with Crippen LogP contribution in [0.25, 0.3) is 0 Å². The van der Waals surface area contributed by atoms with Gasteiger partial charge in [0.05, 0.1) is 18.8 Å². The topological polar surface area (TPSA) is 118 Å². The summed E-state index contributed by atoms with van der Waals surface area (Å²) >= 11 is 0. The van der Waals surface area contributed by atoms with Crippen LogP contribution in [-0.4, -0.2) is 91.1 Å². The molecule has 0 bridgehead atoms. The zero-order valence-corrected chi connectivity index (χ0v) is 11.8. The molecule has 0 aliphatic carbocycles. The van der Waals surface area contributed by atoms with Gasteiger partial charge in [0.1, 0.15) is 0 Å². The Balaban J connectivity index is 4.02. The number of aliphatic hydroxyl groups is 1. The fourth-order valence-electron chi connectivity index (χ4n) is 1.43. The third-order valence-corrected chi connectivity index (χ3v) is 3.29. The van der Waals surface area contributed by atoms with Gasteiger partial charge < -0.3 is 15.1 Å². The largest absolute Gasteiger partial charge is 0.481 e. The highest BCUT2D eigenvalue weighted by Gasteiger charge is 2.11. The molecule has 0 rings (SSSR count). The Hall–Kier alpha value is -0.740. The van der Waals surface area contributed by atoms with Crippen molar-refractivity contribution < 1.29 is 28.0 Å².